The minimum Gasteiger partial charge on any atom is -0.394 e. The van der Waals surface area contributed by atoms with Crippen molar-refractivity contribution in [2.45, 2.75) is 30.7 Å². The molecule has 0 amide bonds. The van der Waals surface area contributed by atoms with E-state index >= 15 is 0 Å². The van der Waals surface area contributed by atoms with Gasteiger partial charge in [0.2, 0.25) is 0 Å². The van der Waals surface area contributed by atoms with Crippen molar-refractivity contribution < 1.29 is 29.9 Å². The molecule has 0 spiro atoms. The van der Waals surface area contributed by atoms with Crippen LogP contribution in [0.4, 0.5) is 0 Å². The van der Waals surface area contributed by atoms with E-state index in [0.717, 1.165) is 0 Å². The molecule has 13 heavy (non-hydrogen) atoms. The van der Waals surface area contributed by atoms with Gasteiger partial charge in [-0.05, 0) is 0 Å². The third kappa shape index (κ3) is 1.98. The van der Waals surface area contributed by atoms with E-state index in [1.807, 2.05) is 0 Å². The van der Waals surface area contributed by atoms with Crippen LogP contribution >= 0.6 is 0 Å². The van der Waals surface area contributed by atoms with Crippen molar-refractivity contribution in [1.82, 2.24) is 0 Å². The molecule has 0 aromatic heterocycles. The van der Waals surface area contributed by atoms with Gasteiger partial charge < -0.3 is 29.9 Å². The van der Waals surface area contributed by atoms with Crippen LogP contribution in [0.1, 0.15) is 0 Å². The van der Waals surface area contributed by atoms with Crippen LogP contribution in [-0.4, -0.2) is 64.8 Å². The van der Waals surface area contributed by atoms with Gasteiger partial charge >= 0.3 is 0 Å². The second-order valence-corrected chi connectivity index (χ2v) is 2.93. The van der Waals surface area contributed by atoms with Gasteiger partial charge in [-0.3, -0.25) is 0 Å². The van der Waals surface area contributed by atoms with Gasteiger partial charge in [-0.1, -0.05) is 0 Å². The summed E-state index contributed by atoms with van der Waals surface area (Å²) in [6, 6.07) is 0. The Hall–Kier alpha value is -0.240. The second kappa shape index (κ2) is 4.32. The Kier molecular flexibility index (Phi) is 3.60. The highest BCUT2D eigenvalue weighted by Gasteiger charge is 2.43. The van der Waals surface area contributed by atoms with Crippen molar-refractivity contribution in [3.05, 3.63) is 0 Å². The van der Waals surface area contributed by atoms with Gasteiger partial charge in [-0.25, -0.2) is 0 Å². The van der Waals surface area contributed by atoms with Gasteiger partial charge in [0.25, 0.3) is 0 Å². The molecule has 1 fully saturated rings. The van der Waals surface area contributed by atoms with Crippen molar-refractivity contribution in [2.24, 2.45) is 0 Å². The van der Waals surface area contributed by atoms with E-state index in [9.17, 15) is 10.2 Å². The Morgan fingerprint density at radius 3 is 2.31 bits per heavy atom. The summed E-state index contributed by atoms with van der Waals surface area (Å²) in [5.41, 5.74) is 0. The molecule has 1 aliphatic rings. The first kappa shape index (κ1) is 10.8. The monoisotopic (exact) mass is 194 g/mol. The molecule has 6 nitrogen and oxygen atoms in total. The number of rotatable bonds is 2. The first-order valence-electron chi connectivity index (χ1n) is 3.95. The van der Waals surface area contributed by atoms with Gasteiger partial charge in [0.1, 0.15) is 24.4 Å². The first-order valence-corrected chi connectivity index (χ1v) is 3.95. The molecule has 0 bridgehead atoms. The highest BCUT2D eigenvalue weighted by atomic mass is 16.6. The molecule has 1 saturated heterocycles. The van der Waals surface area contributed by atoms with E-state index < -0.39 is 37.3 Å². The predicted octanol–water partition coefficient (Wildman–Crippen LogP) is -2.57. The van der Waals surface area contributed by atoms with E-state index in [1.165, 1.54) is 7.11 Å². The van der Waals surface area contributed by atoms with Gasteiger partial charge in [0, 0.05) is 7.11 Å². The lowest BCUT2D eigenvalue weighted by atomic mass is 9.99. The van der Waals surface area contributed by atoms with Crippen LogP contribution in [0.3, 0.4) is 0 Å². The number of hydrogen-bond acceptors (Lipinski definition) is 6. The van der Waals surface area contributed by atoms with Crippen LogP contribution in [0, 0.1) is 0 Å². The van der Waals surface area contributed by atoms with Gasteiger partial charge in [-0.15, -0.1) is 0 Å². The fourth-order valence-corrected chi connectivity index (χ4v) is 1.35. The van der Waals surface area contributed by atoms with Crippen LogP contribution in [0.25, 0.3) is 0 Å². The normalized spacial score (nSPS) is 46.4. The van der Waals surface area contributed by atoms with Crippen molar-refractivity contribution in [2.75, 3.05) is 13.7 Å². The molecule has 0 aliphatic carbocycles. The zero-order valence-corrected chi connectivity index (χ0v) is 7.20. The van der Waals surface area contributed by atoms with Gasteiger partial charge in [0.15, 0.2) is 6.29 Å². The topological polar surface area (TPSA) is 99.4 Å². The van der Waals surface area contributed by atoms with Crippen LogP contribution < -0.4 is 0 Å². The van der Waals surface area contributed by atoms with Gasteiger partial charge in [-0.2, -0.15) is 0 Å². The summed E-state index contributed by atoms with van der Waals surface area (Å²) in [4.78, 5) is 0. The highest BCUT2D eigenvalue weighted by molar-refractivity contribution is 4.89. The number of ether oxygens (including phenoxy) is 2. The maximum atomic E-state index is 9.44. The molecular formula is C7H14O6. The quantitative estimate of drug-likeness (QED) is 0.386. The molecule has 1 rings (SSSR count). The average Bonchev–Trinajstić information content (AvgIpc) is 2.12. The predicted molar refractivity (Wildman–Crippen MR) is 40.8 cm³/mol. The Morgan fingerprint density at radius 2 is 1.85 bits per heavy atom. The highest BCUT2D eigenvalue weighted by Crippen LogP contribution is 2.21. The summed E-state index contributed by atoms with van der Waals surface area (Å²) < 4.78 is 9.48. The standard InChI is InChI=1S/C7H14O6/c1-12-6-4(9)3(2-8)13-7(11)5(6)10/h3-11H,2H2,1H3/t3-,4-,5+,6+,7?/m1/s1. The average molecular weight is 194 g/mol. The SMILES string of the molecule is CO[C@H]1[C@H](O)[C@@H](CO)OC(O)[C@H]1O. The van der Waals surface area contributed by atoms with Crippen LogP contribution in [-0.2, 0) is 9.47 Å². The van der Waals surface area contributed by atoms with E-state index in [-0.39, 0.29) is 0 Å². The van der Waals surface area contributed by atoms with Crippen LogP contribution in [0.5, 0.6) is 0 Å². The number of aliphatic hydroxyl groups excluding tert-OH is 4. The fourth-order valence-electron chi connectivity index (χ4n) is 1.35. The van der Waals surface area contributed by atoms with E-state index in [0.29, 0.717) is 0 Å². The van der Waals surface area contributed by atoms with E-state index in [4.69, 9.17) is 19.7 Å². The number of methoxy groups -OCH3 is 1. The zero-order chi connectivity index (χ0) is 10.0. The number of hydrogen-bond donors (Lipinski definition) is 4. The largest absolute Gasteiger partial charge is 0.394 e. The van der Waals surface area contributed by atoms with E-state index in [1.54, 1.807) is 0 Å². The molecule has 1 aliphatic heterocycles. The molecular weight excluding hydrogens is 180 g/mol. The lowest BCUT2D eigenvalue weighted by Crippen LogP contribution is -2.59. The smallest absolute Gasteiger partial charge is 0.184 e. The summed E-state index contributed by atoms with van der Waals surface area (Å²) in [5, 5.41) is 36.6. The van der Waals surface area contributed by atoms with Crippen molar-refractivity contribution in [1.29, 1.82) is 0 Å². The Bertz CT molecular complexity index is 163. The molecule has 0 saturated carbocycles. The summed E-state index contributed by atoms with van der Waals surface area (Å²) in [6.07, 6.45) is -5.76. The van der Waals surface area contributed by atoms with Crippen molar-refractivity contribution in [3.8, 4) is 0 Å². The first-order chi connectivity index (χ1) is 6.11. The maximum Gasteiger partial charge on any atom is 0.184 e. The summed E-state index contributed by atoms with van der Waals surface area (Å²) in [5.74, 6) is 0. The zero-order valence-electron chi connectivity index (χ0n) is 7.20. The molecule has 0 aromatic carbocycles. The minimum atomic E-state index is -1.44. The second-order valence-electron chi connectivity index (χ2n) is 2.93. The molecule has 78 valence electrons. The molecule has 1 heterocycles. The third-order valence-corrected chi connectivity index (χ3v) is 2.11. The lowest BCUT2D eigenvalue weighted by molar-refractivity contribution is -0.290. The van der Waals surface area contributed by atoms with Crippen LogP contribution in [0.2, 0.25) is 0 Å². The third-order valence-electron chi connectivity index (χ3n) is 2.11. The molecule has 0 radical (unpaired) electrons. The molecule has 5 atom stereocenters. The Morgan fingerprint density at radius 1 is 1.23 bits per heavy atom. The minimum absolute atomic E-state index is 0.440. The summed E-state index contributed by atoms with van der Waals surface area (Å²) >= 11 is 0. The lowest BCUT2D eigenvalue weighted by Gasteiger charge is -2.39. The summed E-state index contributed by atoms with van der Waals surface area (Å²) in [6.45, 7) is -0.440. The van der Waals surface area contributed by atoms with Crippen molar-refractivity contribution >= 4 is 0 Å². The Labute approximate surface area is 75.3 Å². The molecule has 1 unspecified atom stereocenters. The molecule has 4 N–H and O–H groups in total. The Balaban J connectivity index is 2.69. The van der Waals surface area contributed by atoms with Gasteiger partial charge in [0.05, 0.1) is 6.61 Å². The summed E-state index contributed by atoms with van der Waals surface area (Å²) in [7, 11) is 1.30. The number of aliphatic hydroxyl groups is 4. The van der Waals surface area contributed by atoms with E-state index in [2.05, 4.69) is 0 Å². The molecule has 0 aromatic rings. The van der Waals surface area contributed by atoms with Crippen molar-refractivity contribution in [3.63, 3.8) is 0 Å². The fraction of sp³-hybridized carbons (Fsp3) is 1.00. The maximum absolute atomic E-state index is 9.44. The van der Waals surface area contributed by atoms with Crippen LogP contribution in [0.15, 0.2) is 0 Å². The molecule has 6 heteroatoms.